The molecule has 0 bridgehead atoms. The van der Waals surface area contributed by atoms with E-state index >= 15 is 0 Å². The number of aromatic nitrogens is 2. The van der Waals surface area contributed by atoms with Crippen LogP contribution in [0.5, 0.6) is 5.75 Å². The van der Waals surface area contributed by atoms with Crippen molar-refractivity contribution in [2.75, 3.05) is 13.7 Å². The molecule has 1 N–H and O–H groups in total. The van der Waals surface area contributed by atoms with Crippen LogP contribution < -0.4 is 9.46 Å². The molecule has 1 heterocycles. The number of para-hydroxylation sites is 2. The molecular formula is C17H15ClF3N3O3S. The highest BCUT2D eigenvalue weighted by Crippen LogP contribution is 2.31. The van der Waals surface area contributed by atoms with Gasteiger partial charge in [0.2, 0.25) is 15.8 Å². The third-order valence-corrected chi connectivity index (χ3v) is 5.67. The number of fused-ring (bicyclic) bond motifs is 1. The lowest BCUT2D eigenvalue weighted by Crippen LogP contribution is -2.29. The summed E-state index contributed by atoms with van der Waals surface area (Å²) in [6, 6.07) is 10.2. The zero-order valence-corrected chi connectivity index (χ0v) is 16.1. The second kappa shape index (κ2) is 7.61. The molecule has 0 unspecified atom stereocenters. The smallest absolute Gasteiger partial charge is 0.449 e. The van der Waals surface area contributed by atoms with Crippen LogP contribution in [0.25, 0.3) is 11.0 Å². The predicted molar refractivity (Wildman–Crippen MR) is 97.9 cm³/mol. The number of hydrogen-bond acceptors (Lipinski definition) is 4. The minimum Gasteiger partial charge on any atom is -0.495 e. The minimum absolute atomic E-state index is 0.0703. The van der Waals surface area contributed by atoms with Gasteiger partial charge in [-0.15, -0.1) is 0 Å². The van der Waals surface area contributed by atoms with Crippen molar-refractivity contribution in [2.24, 2.45) is 0 Å². The second-order valence-corrected chi connectivity index (χ2v) is 7.94. The molecule has 6 nitrogen and oxygen atoms in total. The molecule has 0 atom stereocenters. The Balaban J connectivity index is 1.87. The summed E-state index contributed by atoms with van der Waals surface area (Å²) in [6.45, 7) is -0.557. The molecule has 0 aliphatic carbocycles. The van der Waals surface area contributed by atoms with Crippen molar-refractivity contribution in [3.8, 4) is 5.75 Å². The molecule has 0 aliphatic heterocycles. The molecule has 0 fully saturated rings. The van der Waals surface area contributed by atoms with E-state index in [2.05, 4.69) is 9.71 Å². The van der Waals surface area contributed by atoms with E-state index < -0.39 is 22.0 Å². The van der Waals surface area contributed by atoms with Crippen LogP contribution in [0.15, 0.2) is 47.4 Å². The lowest BCUT2D eigenvalue weighted by Gasteiger charge is -2.13. The molecule has 150 valence electrons. The van der Waals surface area contributed by atoms with Gasteiger partial charge in [0.15, 0.2) is 0 Å². The number of ether oxygens (including phenoxy) is 1. The monoisotopic (exact) mass is 433 g/mol. The average molecular weight is 434 g/mol. The van der Waals surface area contributed by atoms with E-state index in [-0.39, 0.29) is 39.8 Å². The summed E-state index contributed by atoms with van der Waals surface area (Å²) in [6.07, 6.45) is -4.67. The second-order valence-electron chi connectivity index (χ2n) is 5.77. The van der Waals surface area contributed by atoms with Gasteiger partial charge in [0.25, 0.3) is 0 Å². The number of rotatable bonds is 6. The van der Waals surface area contributed by atoms with Gasteiger partial charge in [0.1, 0.15) is 10.6 Å². The molecule has 0 radical (unpaired) electrons. The van der Waals surface area contributed by atoms with E-state index in [1.807, 2.05) is 0 Å². The standard InChI is InChI=1S/C17H15ClF3N3O3S/c1-27-14-7-6-11(18)10-15(14)28(25,26)22-8-9-24-13-5-3-2-4-12(13)23-16(24)17(19,20)21/h2-7,10,22H,8-9H2,1H3. The quantitative estimate of drug-likeness (QED) is 0.643. The number of nitrogens with zero attached hydrogens (tertiary/aromatic N) is 2. The summed E-state index contributed by atoms with van der Waals surface area (Å²) in [7, 11) is -2.75. The van der Waals surface area contributed by atoms with Crippen LogP contribution in [0.3, 0.4) is 0 Å². The third kappa shape index (κ3) is 4.08. The molecule has 3 aromatic rings. The fourth-order valence-electron chi connectivity index (χ4n) is 2.75. The van der Waals surface area contributed by atoms with Crippen molar-refractivity contribution < 1.29 is 26.3 Å². The normalized spacial score (nSPS) is 12.5. The van der Waals surface area contributed by atoms with Crippen molar-refractivity contribution >= 4 is 32.7 Å². The van der Waals surface area contributed by atoms with Gasteiger partial charge in [0, 0.05) is 18.1 Å². The first kappa shape index (κ1) is 20.4. The Morgan fingerprint density at radius 1 is 1.21 bits per heavy atom. The zero-order chi connectivity index (χ0) is 20.5. The summed E-state index contributed by atoms with van der Waals surface area (Å²) < 4.78 is 73.2. The highest BCUT2D eigenvalue weighted by atomic mass is 35.5. The fourth-order valence-corrected chi connectivity index (χ4v) is 4.20. The number of benzene rings is 2. The summed E-state index contributed by atoms with van der Waals surface area (Å²) in [5.41, 5.74) is 0.434. The van der Waals surface area contributed by atoms with Crippen LogP contribution in [0.4, 0.5) is 13.2 Å². The van der Waals surface area contributed by atoms with Gasteiger partial charge in [-0.2, -0.15) is 13.2 Å². The number of halogens is 4. The number of methoxy groups -OCH3 is 1. The van der Waals surface area contributed by atoms with Crippen LogP contribution >= 0.6 is 11.6 Å². The number of nitrogens with one attached hydrogen (secondary N) is 1. The SMILES string of the molecule is COc1ccc(Cl)cc1S(=O)(=O)NCCn1c(C(F)(F)F)nc2ccccc21. The van der Waals surface area contributed by atoms with E-state index in [1.54, 1.807) is 12.1 Å². The highest BCUT2D eigenvalue weighted by molar-refractivity contribution is 7.89. The first-order valence-corrected chi connectivity index (χ1v) is 9.85. The molecule has 2 aromatic carbocycles. The zero-order valence-electron chi connectivity index (χ0n) is 14.5. The third-order valence-electron chi connectivity index (χ3n) is 3.95. The van der Waals surface area contributed by atoms with Crippen molar-refractivity contribution in [3.05, 3.63) is 53.3 Å². The van der Waals surface area contributed by atoms with Crippen molar-refractivity contribution in [1.82, 2.24) is 14.3 Å². The van der Waals surface area contributed by atoms with Gasteiger partial charge >= 0.3 is 6.18 Å². The molecule has 0 aliphatic rings. The van der Waals surface area contributed by atoms with Crippen LogP contribution in [-0.2, 0) is 22.7 Å². The van der Waals surface area contributed by atoms with Crippen molar-refractivity contribution in [1.29, 1.82) is 0 Å². The van der Waals surface area contributed by atoms with Gasteiger partial charge in [-0.3, -0.25) is 0 Å². The van der Waals surface area contributed by atoms with E-state index in [4.69, 9.17) is 16.3 Å². The van der Waals surface area contributed by atoms with Gasteiger partial charge in [-0.05, 0) is 30.3 Å². The molecule has 28 heavy (non-hydrogen) atoms. The maximum absolute atomic E-state index is 13.3. The number of imidazole rings is 1. The van der Waals surface area contributed by atoms with Gasteiger partial charge in [0.05, 0.1) is 18.1 Å². The average Bonchev–Trinajstić information content (AvgIpc) is 3.01. The van der Waals surface area contributed by atoms with E-state index in [0.717, 1.165) is 4.57 Å². The summed E-state index contributed by atoms with van der Waals surface area (Å²) in [5.74, 6) is -1.02. The van der Waals surface area contributed by atoms with E-state index in [1.165, 1.54) is 37.4 Å². The molecule has 0 saturated heterocycles. The lowest BCUT2D eigenvalue weighted by atomic mass is 10.3. The van der Waals surface area contributed by atoms with Gasteiger partial charge < -0.3 is 9.30 Å². The van der Waals surface area contributed by atoms with Crippen LogP contribution in [0, 0.1) is 0 Å². The minimum atomic E-state index is -4.67. The van der Waals surface area contributed by atoms with Gasteiger partial charge in [-0.25, -0.2) is 18.1 Å². The predicted octanol–water partition coefficient (Wildman–Crippen LogP) is 3.70. The molecule has 0 spiro atoms. The maximum Gasteiger partial charge on any atom is 0.449 e. The summed E-state index contributed by atoms with van der Waals surface area (Å²) in [4.78, 5) is 3.42. The molecule has 11 heteroatoms. The molecule has 0 amide bonds. The number of hydrogen-bond donors (Lipinski definition) is 1. The fraction of sp³-hybridized carbons (Fsp3) is 0.235. The molecular weight excluding hydrogens is 419 g/mol. The Labute approximate surface area is 163 Å². The Bertz CT molecular complexity index is 1110. The summed E-state index contributed by atoms with van der Waals surface area (Å²) >= 11 is 5.85. The first-order valence-electron chi connectivity index (χ1n) is 7.99. The van der Waals surface area contributed by atoms with Crippen LogP contribution in [-0.4, -0.2) is 31.6 Å². The molecule has 0 saturated carbocycles. The largest absolute Gasteiger partial charge is 0.495 e. The maximum atomic E-state index is 13.3. The summed E-state index contributed by atoms with van der Waals surface area (Å²) in [5, 5.41) is 0.182. The van der Waals surface area contributed by atoms with Crippen molar-refractivity contribution in [3.63, 3.8) is 0 Å². The Morgan fingerprint density at radius 2 is 1.93 bits per heavy atom. The Hall–Kier alpha value is -2.30. The van der Waals surface area contributed by atoms with Crippen molar-refractivity contribution in [2.45, 2.75) is 17.6 Å². The first-order chi connectivity index (χ1) is 13.1. The Kier molecular flexibility index (Phi) is 5.55. The number of sulfonamides is 1. The highest BCUT2D eigenvalue weighted by Gasteiger charge is 2.37. The van der Waals surface area contributed by atoms with Crippen LogP contribution in [0.2, 0.25) is 5.02 Å². The van der Waals surface area contributed by atoms with E-state index in [0.29, 0.717) is 0 Å². The number of alkyl halides is 3. The Morgan fingerprint density at radius 3 is 2.61 bits per heavy atom. The van der Waals surface area contributed by atoms with Gasteiger partial charge in [-0.1, -0.05) is 23.7 Å². The molecule has 1 aromatic heterocycles. The molecule has 3 rings (SSSR count). The lowest BCUT2D eigenvalue weighted by molar-refractivity contribution is -0.146. The van der Waals surface area contributed by atoms with Crippen LogP contribution in [0.1, 0.15) is 5.82 Å². The van der Waals surface area contributed by atoms with E-state index in [9.17, 15) is 21.6 Å². The topological polar surface area (TPSA) is 73.2 Å².